The molecule has 1 aromatic heterocycles. The molecule has 0 radical (unpaired) electrons. The van der Waals surface area contributed by atoms with Gasteiger partial charge in [0, 0.05) is 12.2 Å². The Kier molecular flexibility index (Phi) is 5.47. The van der Waals surface area contributed by atoms with Crippen LogP contribution in [0, 0.1) is 0 Å². The largest absolute Gasteiger partial charge is 0.448 e. The predicted octanol–water partition coefficient (Wildman–Crippen LogP) is 2.63. The molecular formula is C16H21ClN4O5. The zero-order valence-electron chi connectivity index (χ0n) is 14.7. The first kappa shape index (κ1) is 18.7. The van der Waals surface area contributed by atoms with Crippen molar-refractivity contribution in [1.29, 1.82) is 0 Å². The Labute approximate surface area is 155 Å². The molecule has 1 saturated heterocycles. The molecule has 142 valence electrons. The van der Waals surface area contributed by atoms with Crippen LogP contribution in [0.25, 0.3) is 0 Å². The molecular weight excluding hydrogens is 364 g/mol. The number of hydrogen-bond acceptors (Lipinski definition) is 6. The Morgan fingerprint density at radius 2 is 2.15 bits per heavy atom. The van der Waals surface area contributed by atoms with Crippen LogP contribution in [0.2, 0.25) is 0 Å². The molecule has 2 aliphatic rings. The molecule has 0 bridgehead atoms. The zero-order chi connectivity index (χ0) is 18.8. The molecule has 0 aliphatic carbocycles. The number of amides is 2. The summed E-state index contributed by atoms with van der Waals surface area (Å²) < 4.78 is 11.5. The second-order valence-electron chi connectivity index (χ2n) is 6.22. The Balaban J connectivity index is 1.91. The maximum atomic E-state index is 12.6. The van der Waals surface area contributed by atoms with Gasteiger partial charge in [0.15, 0.2) is 0 Å². The molecule has 9 nitrogen and oxygen atoms in total. The van der Waals surface area contributed by atoms with Crippen LogP contribution in [0.5, 0.6) is 0 Å². The first-order valence-electron chi connectivity index (χ1n) is 8.61. The highest BCUT2D eigenvalue weighted by Crippen LogP contribution is 2.38. The first-order valence-corrected chi connectivity index (χ1v) is 8.99. The highest BCUT2D eigenvalue weighted by Gasteiger charge is 2.38. The number of carbonyl (C=O) groups excluding carboxylic acids is 3. The van der Waals surface area contributed by atoms with E-state index in [1.165, 1.54) is 4.90 Å². The van der Waals surface area contributed by atoms with Gasteiger partial charge in [0.25, 0.3) is 5.91 Å². The van der Waals surface area contributed by atoms with E-state index in [9.17, 15) is 14.4 Å². The van der Waals surface area contributed by atoms with Gasteiger partial charge in [-0.15, -0.1) is 4.68 Å². The molecule has 3 rings (SSSR count). The molecule has 3 heterocycles. The quantitative estimate of drug-likeness (QED) is 0.634. The summed E-state index contributed by atoms with van der Waals surface area (Å²) in [4.78, 5) is 37.8. The fraction of sp³-hybridized carbons (Fsp3) is 0.625. The van der Waals surface area contributed by atoms with Crippen LogP contribution in [0.1, 0.15) is 50.4 Å². The van der Waals surface area contributed by atoms with Crippen molar-refractivity contribution in [3.63, 3.8) is 0 Å². The summed E-state index contributed by atoms with van der Waals surface area (Å²) in [5.74, 6) is -0.147. The van der Waals surface area contributed by atoms with Crippen molar-refractivity contribution < 1.29 is 23.9 Å². The minimum absolute atomic E-state index is 0.152. The third kappa shape index (κ3) is 3.41. The van der Waals surface area contributed by atoms with E-state index in [0.29, 0.717) is 24.3 Å². The second-order valence-corrected chi connectivity index (χ2v) is 6.55. The number of nitrogens with one attached hydrogen (secondary N) is 1. The lowest BCUT2D eigenvalue weighted by Crippen LogP contribution is -2.35. The summed E-state index contributed by atoms with van der Waals surface area (Å²) in [6.07, 6.45) is 1.17. The lowest BCUT2D eigenvalue weighted by atomic mass is 10.1. The van der Waals surface area contributed by atoms with Gasteiger partial charge in [-0.3, -0.25) is 9.59 Å². The van der Waals surface area contributed by atoms with Crippen LogP contribution in [0.15, 0.2) is 0 Å². The van der Waals surface area contributed by atoms with Crippen LogP contribution in [-0.2, 0) is 20.8 Å². The van der Waals surface area contributed by atoms with E-state index in [1.54, 1.807) is 13.8 Å². The van der Waals surface area contributed by atoms with Crippen molar-refractivity contribution in [3.05, 3.63) is 11.3 Å². The monoisotopic (exact) mass is 384 g/mol. The van der Waals surface area contributed by atoms with E-state index in [4.69, 9.17) is 21.1 Å². The van der Waals surface area contributed by atoms with E-state index < -0.39 is 23.6 Å². The van der Waals surface area contributed by atoms with Crippen molar-refractivity contribution in [3.8, 4) is 0 Å². The SMILES string of the molecule is CCOC(=O)n1nc2c(c1NC(=O)C1CCCCO1)CN(C(=O)Cl)C2C. The van der Waals surface area contributed by atoms with Gasteiger partial charge in [-0.25, -0.2) is 4.79 Å². The molecule has 2 unspecified atom stereocenters. The number of carbonyl (C=O) groups is 3. The van der Waals surface area contributed by atoms with Crippen molar-refractivity contribution in [2.45, 2.75) is 51.8 Å². The maximum Gasteiger partial charge on any atom is 0.436 e. The number of aromatic nitrogens is 2. The Morgan fingerprint density at radius 1 is 1.38 bits per heavy atom. The molecule has 26 heavy (non-hydrogen) atoms. The molecule has 0 aromatic carbocycles. The number of anilines is 1. The topological polar surface area (TPSA) is 103 Å². The van der Waals surface area contributed by atoms with Crippen LogP contribution < -0.4 is 5.32 Å². The highest BCUT2D eigenvalue weighted by atomic mass is 35.5. The maximum absolute atomic E-state index is 12.6. The number of nitrogens with zero attached hydrogens (tertiary/aromatic N) is 3. The van der Waals surface area contributed by atoms with E-state index in [1.807, 2.05) is 0 Å². The van der Waals surface area contributed by atoms with Crippen LogP contribution in [-0.4, -0.2) is 51.4 Å². The fourth-order valence-corrected chi connectivity index (χ4v) is 3.42. The van der Waals surface area contributed by atoms with Gasteiger partial charge >= 0.3 is 11.5 Å². The normalized spacial score (nSPS) is 22.0. The number of ether oxygens (including phenoxy) is 2. The van der Waals surface area contributed by atoms with Crippen LogP contribution in [0.3, 0.4) is 0 Å². The minimum atomic E-state index is -0.697. The van der Waals surface area contributed by atoms with E-state index in [0.717, 1.165) is 17.5 Å². The predicted molar refractivity (Wildman–Crippen MR) is 92.1 cm³/mol. The number of hydrogen-bond donors (Lipinski definition) is 1. The Hall–Kier alpha value is -2.13. The number of rotatable bonds is 3. The molecule has 1 fully saturated rings. The number of fused-ring (bicyclic) bond motifs is 1. The van der Waals surface area contributed by atoms with Gasteiger partial charge in [0.1, 0.15) is 11.9 Å². The number of halogens is 1. The average Bonchev–Trinajstić information content (AvgIpc) is 3.13. The van der Waals surface area contributed by atoms with Crippen molar-refractivity contribution in [2.24, 2.45) is 0 Å². The van der Waals surface area contributed by atoms with Crippen molar-refractivity contribution in [1.82, 2.24) is 14.7 Å². The van der Waals surface area contributed by atoms with E-state index >= 15 is 0 Å². The summed E-state index contributed by atoms with van der Waals surface area (Å²) in [6, 6.07) is -0.410. The van der Waals surface area contributed by atoms with Gasteiger partial charge in [-0.05, 0) is 44.7 Å². The lowest BCUT2D eigenvalue weighted by molar-refractivity contribution is -0.130. The average molecular weight is 385 g/mol. The Morgan fingerprint density at radius 3 is 2.77 bits per heavy atom. The molecule has 2 amide bonds. The van der Waals surface area contributed by atoms with Crippen molar-refractivity contribution in [2.75, 3.05) is 18.5 Å². The Bertz CT molecular complexity index is 728. The fourth-order valence-electron chi connectivity index (χ4n) is 3.22. The van der Waals surface area contributed by atoms with Gasteiger partial charge in [0.05, 0.1) is 24.9 Å². The zero-order valence-corrected chi connectivity index (χ0v) is 15.4. The molecule has 1 aromatic rings. The lowest BCUT2D eigenvalue weighted by Gasteiger charge is -2.22. The van der Waals surface area contributed by atoms with E-state index in [-0.39, 0.29) is 24.9 Å². The molecule has 2 atom stereocenters. The standard InChI is InChI=1S/C16H21ClN4O5/c1-3-25-16(24)21-13(18-14(22)11-6-4-5-7-26-11)10-8-20(15(17)23)9(2)12(10)19-21/h9,11H,3-8H2,1-2H3,(H,18,22). The molecule has 1 N–H and O–H groups in total. The van der Waals surface area contributed by atoms with Gasteiger partial charge in [-0.2, -0.15) is 5.10 Å². The van der Waals surface area contributed by atoms with Crippen molar-refractivity contribution >= 4 is 34.8 Å². The summed E-state index contributed by atoms with van der Waals surface area (Å²) in [6.45, 7) is 4.28. The van der Waals surface area contributed by atoms with E-state index in [2.05, 4.69) is 10.4 Å². The van der Waals surface area contributed by atoms with Crippen LogP contribution in [0.4, 0.5) is 15.4 Å². The first-order chi connectivity index (χ1) is 12.4. The minimum Gasteiger partial charge on any atom is -0.448 e. The summed E-state index contributed by atoms with van der Waals surface area (Å²) in [5.41, 5.74) is 1.08. The molecule has 2 aliphatic heterocycles. The second kappa shape index (κ2) is 7.63. The summed E-state index contributed by atoms with van der Waals surface area (Å²) >= 11 is 5.61. The summed E-state index contributed by atoms with van der Waals surface area (Å²) in [7, 11) is 0. The molecule has 0 saturated carbocycles. The highest BCUT2D eigenvalue weighted by molar-refractivity contribution is 6.62. The third-order valence-corrected chi connectivity index (χ3v) is 4.80. The third-order valence-electron chi connectivity index (χ3n) is 4.59. The molecule has 10 heteroatoms. The smallest absolute Gasteiger partial charge is 0.436 e. The summed E-state index contributed by atoms with van der Waals surface area (Å²) in [5, 5.41) is 6.37. The molecule has 0 spiro atoms. The van der Waals surface area contributed by atoms with Gasteiger partial charge < -0.3 is 19.7 Å². The van der Waals surface area contributed by atoms with Gasteiger partial charge in [-0.1, -0.05) is 0 Å². The van der Waals surface area contributed by atoms with Crippen LogP contribution >= 0.6 is 11.6 Å². The van der Waals surface area contributed by atoms with Gasteiger partial charge in [0.2, 0.25) is 0 Å².